The van der Waals surface area contributed by atoms with Gasteiger partial charge in [0.1, 0.15) is 17.3 Å². The van der Waals surface area contributed by atoms with Gasteiger partial charge >= 0.3 is 0 Å². The predicted octanol–water partition coefficient (Wildman–Crippen LogP) is 3.04. The smallest absolute Gasteiger partial charge is 0.296 e. The zero-order valence-electron chi connectivity index (χ0n) is 14.9. The van der Waals surface area contributed by atoms with Gasteiger partial charge in [-0.15, -0.1) is 5.10 Å². The number of aromatic amines is 1. The van der Waals surface area contributed by atoms with Crippen LogP contribution in [0.2, 0.25) is 0 Å². The summed E-state index contributed by atoms with van der Waals surface area (Å²) in [6, 6.07) is 14.1. The molecule has 0 aliphatic heterocycles. The van der Waals surface area contributed by atoms with Crippen LogP contribution >= 0.6 is 11.8 Å². The Morgan fingerprint density at radius 1 is 1.29 bits per heavy atom. The molecule has 1 aromatic heterocycles. The lowest BCUT2D eigenvalue weighted by molar-refractivity contribution is -0.384. The Labute approximate surface area is 164 Å². The molecule has 0 fully saturated rings. The summed E-state index contributed by atoms with van der Waals surface area (Å²) in [6.07, 6.45) is 0.610. The van der Waals surface area contributed by atoms with E-state index in [1.807, 2.05) is 30.3 Å². The number of anilines is 1. The molecule has 2 aromatic carbocycles. The van der Waals surface area contributed by atoms with Crippen molar-refractivity contribution in [3.05, 3.63) is 70.0 Å². The van der Waals surface area contributed by atoms with Crippen LogP contribution in [0.25, 0.3) is 0 Å². The first-order chi connectivity index (χ1) is 13.5. The number of ether oxygens (including phenoxy) is 1. The van der Waals surface area contributed by atoms with E-state index in [2.05, 4.69) is 20.5 Å². The average Bonchev–Trinajstić information content (AvgIpc) is 3.14. The second-order valence-corrected chi connectivity index (χ2v) is 6.65. The maximum Gasteiger partial charge on any atom is 0.296 e. The standard InChI is InChI=1S/C18H17N5O4S/c1-27-13-7-8-14(15(10-13)23(25)26)19-17(24)11-28-18-20-16(21-22-18)9-12-5-3-2-4-6-12/h2-8,10H,9,11H2,1H3,(H,19,24)(H,20,21,22). The first-order valence-electron chi connectivity index (χ1n) is 8.25. The summed E-state index contributed by atoms with van der Waals surface area (Å²) in [7, 11) is 1.41. The van der Waals surface area contributed by atoms with Crippen LogP contribution in [0.4, 0.5) is 11.4 Å². The minimum absolute atomic E-state index is 0.0197. The van der Waals surface area contributed by atoms with Gasteiger partial charge < -0.3 is 10.1 Å². The van der Waals surface area contributed by atoms with E-state index >= 15 is 0 Å². The monoisotopic (exact) mass is 399 g/mol. The molecule has 0 saturated carbocycles. The molecule has 144 valence electrons. The number of thioether (sulfide) groups is 1. The van der Waals surface area contributed by atoms with Crippen molar-refractivity contribution in [1.29, 1.82) is 0 Å². The SMILES string of the molecule is COc1ccc(NC(=O)CSc2n[nH]c(Cc3ccccc3)n2)c([N+](=O)[O-])c1. The number of amides is 1. The number of nitro benzene ring substituents is 1. The fourth-order valence-electron chi connectivity index (χ4n) is 2.42. The van der Waals surface area contributed by atoms with E-state index < -0.39 is 10.8 Å². The Balaban J connectivity index is 1.57. The van der Waals surface area contributed by atoms with Crippen LogP contribution < -0.4 is 10.1 Å². The summed E-state index contributed by atoms with van der Waals surface area (Å²) in [4.78, 5) is 27.1. The van der Waals surface area contributed by atoms with Crippen LogP contribution in [0.5, 0.6) is 5.75 Å². The van der Waals surface area contributed by atoms with Gasteiger partial charge in [0.15, 0.2) is 0 Å². The molecule has 10 heteroatoms. The molecule has 0 spiro atoms. The molecule has 2 N–H and O–H groups in total. The van der Waals surface area contributed by atoms with Crippen LogP contribution in [0, 0.1) is 10.1 Å². The Bertz CT molecular complexity index is 977. The van der Waals surface area contributed by atoms with E-state index in [0.717, 1.165) is 17.3 Å². The zero-order valence-corrected chi connectivity index (χ0v) is 15.7. The van der Waals surface area contributed by atoms with E-state index in [0.29, 0.717) is 23.2 Å². The van der Waals surface area contributed by atoms with Crippen LogP contribution in [0.15, 0.2) is 53.7 Å². The van der Waals surface area contributed by atoms with Gasteiger partial charge in [0.25, 0.3) is 5.69 Å². The molecule has 1 amide bonds. The summed E-state index contributed by atoms with van der Waals surface area (Å²) in [6.45, 7) is 0. The number of hydrogen-bond donors (Lipinski definition) is 2. The second kappa shape index (κ2) is 9.00. The van der Waals surface area contributed by atoms with Crippen LogP contribution in [0.3, 0.4) is 0 Å². The van der Waals surface area contributed by atoms with E-state index in [9.17, 15) is 14.9 Å². The maximum absolute atomic E-state index is 12.2. The zero-order chi connectivity index (χ0) is 19.9. The van der Waals surface area contributed by atoms with Gasteiger partial charge in [0.05, 0.1) is 23.9 Å². The Morgan fingerprint density at radius 2 is 2.07 bits per heavy atom. The number of nitrogens with one attached hydrogen (secondary N) is 2. The highest BCUT2D eigenvalue weighted by Gasteiger charge is 2.17. The summed E-state index contributed by atoms with van der Waals surface area (Å²) >= 11 is 1.14. The molecule has 0 atom stereocenters. The Hall–Kier alpha value is -3.40. The largest absolute Gasteiger partial charge is 0.496 e. The number of methoxy groups -OCH3 is 1. The molecule has 3 rings (SSSR count). The fraction of sp³-hybridized carbons (Fsp3) is 0.167. The number of H-pyrrole nitrogens is 1. The normalized spacial score (nSPS) is 10.5. The maximum atomic E-state index is 12.2. The van der Waals surface area contributed by atoms with E-state index in [-0.39, 0.29) is 17.1 Å². The summed E-state index contributed by atoms with van der Waals surface area (Å²) in [5, 5.41) is 21.1. The highest BCUT2D eigenvalue weighted by atomic mass is 32.2. The van der Waals surface area contributed by atoms with Crippen molar-refractivity contribution in [2.24, 2.45) is 0 Å². The number of nitrogens with zero attached hydrogens (tertiary/aromatic N) is 3. The second-order valence-electron chi connectivity index (χ2n) is 5.70. The summed E-state index contributed by atoms with van der Waals surface area (Å²) in [5.41, 5.74) is 0.969. The van der Waals surface area contributed by atoms with Gasteiger partial charge in [-0.2, -0.15) is 0 Å². The number of rotatable bonds is 8. The topological polar surface area (TPSA) is 123 Å². The number of hydrogen-bond acceptors (Lipinski definition) is 7. The van der Waals surface area contributed by atoms with E-state index in [1.165, 1.54) is 19.2 Å². The number of carbonyl (C=O) groups is 1. The predicted molar refractivity (Wildman–Crippen MR) is 105 cm³/mol. The van der Waals surface area contributed by atoms with E-state index in [4.69, 9.17) is 4.74 Å². The highest BCUT2D eigenvalue weighted by molar-refractivity contribution is 7.99. The molecule has 0 bridgehead atoms. The van der Waals surface area contributed by atoms with Gasteiger partial charge in [-0.05, 0) is 17.7 Å². The van der Waals surface area contributed by atoms with Crippen molar-refractivity contribution in [1.82, 2.24) is 15.2 Å². The van der Waals surface area contributed by atoms with Crippen molar-refractivity contribution in [2.45, 2.75) is 11.6 Å². The third-order valence-corrected chi connectivity index (χ3v) is 4.58. The lowest BCUT2D eigenvalue weighted by Crippen LogP contribution is -2.15. The van der Waals surface area contributed by atoms with Gasteiger partial charge in [-0.25, -0.2) is 4.98 Å². The van der Waals surface area contributed by atoms with Gasteiger partial charge in [0.2, 0.25) is 11.1 Å². The van der Waals surface area contributed by atoms with Crippen molar-refractivity contribution >= 4 is 29.0 Å². The highest BCUT2D eigenvalue weighted by Crippen LogP contribution is 2.29. The van der Waals surface area contributed by atoms with Crippen molar-refractivity contribution in [3.8, 4) is 5.75 Å². The third kappa shape index (κ3) is 5.07. The molecule has 0 saturated heterocycles. The van der Waals surface area contributed by atoms with Crippen molar-refractivity contribution in [2.75, 3.05) is 18.2 Å². The third-order valence-electron chi connectivity index (χ3n) is 3.73. The van der Waals surface area contributed by atoms with E-state index in [1.54, 1.807) is 6.07 Å². The lowest BCUT2D eigenvalue weighted by atomic mass is 10.1. The number of aromatic nitrogens is 3. The fourth-order valence-corrected chi connectivity index (χ4v) is 3.04. The Morgan fingerprint density at radius 3 is 2.79 bits per heavy atom. The minimum Gasteiger partial charge on any atom is -0.496 e. The van der Waals surface area contributed by atoms with Crippen LogP contribution in [-0.4, -0.2) is 38.9 Å². The molecule has 0 unspecified atom stereocenters. The first kappa shape index (κ1) is 19.4. The minimum atomic E-state index is -0.573. The molecule has 28 heavy (non-hydrogen) atoms. The van der Waals surface area contributed by atoms with Gasteiger partial charge in [-0.1, -0.05) is 42.1 Å². The molecular weight excluding hydrogens is 382 g/mol. The van der Waals surface area contributed by atoms with Crippen LogP contribution in [0.1, 0.15) is 11.4 Å². The molecule has 0 aliphatic rings. The lowest BCUT2D eigenvalue weighted by Gasteiger charge is -2.06. The quantitative estimate of drug-likeness (QED) is 0.339. The molecule has 1 heterocycles. The average molecular weight is 399 g/mol. The summed E-state index contributed by atoms with van der Waals surface area (Å²) in [5.74, 6) is 0.657. The summed E-state index contributed by atoms with van der Waals surface area (Å²) < 4.78 is 4.97. The molecule has 0 radical (unpaired) electrons. The Kier molecular flexibility index (Phi) is 6.22. The van der Waals surface area contributed by atoms with Crippen molar-refractivity contribution in [3.63, 3.8) is 0 Å². The number of nitro groups is 1. The number of carbonyl (C=O) groups excluding carboxylic acids is 1. The molecular formula is C18H17N5O4S. The molecule has 0 aliphatic carbocycles. The molecule has 3 aromatic rings. The first-order valence-corrected chi connectivity index (χ1v) is 9.24. The van der Waals surface area contributed by atoms with Crippen molar-refractivity contribution < 1.29 is 14.5 Å². The van der Waals surface area contributed by atoms with Gasteiger partial charge in [-0.3, -0.25) is 20.0 Å². The number of benzene rings is 2. The molecule has 9 nitrogen and oxygen atoms in total. The van der Waals surface area contributed by atoms with Gasteiger partial charge in [0, 0.05) is 6.42 Å². The van der Waals surface area contributed by atoms with Crippen LogP contribution in [-0.2, 0) is 11.2 Å².